The molecule has 0 saturated heterocycles. The molecule has 5 nitrogen and oxygen atoms in total. The zero-order valence-electron chi connectivity index (χ0n) is 9.00. The van der Waals surface area contributed by atoms with Crippen molar-refractivity contribution in [2.45, 2.75) is 13.2 Å². The van der Waals surface area contributed by atoms with Crippen LogP contribution in [0.25, 0.3) is 0 Å². The van der Waals surface area contributed by atoms with Crippen molar-refractivity contribution in [3.05, 3.63) is 41.7 Å². The molecule has 1 heterocycles. The van der Waals surface area contributed by atoms with Crippen molar-refractivity contribution in [3.8, 4) is 5.75 Å². The van der Waals surface area contributed by atoms with Crippen LogP contribution in [0.3, 0.4) is 0 Å². The van der Waals surface area contributed by atoms with E-state index < -0.39 is 0 Å². The molecule has 0 fully saturated rings. The lowest BCUT2D eigenvalue weighted by Gasteiger charge is -2.08. The SMILES string of the molecule is COc1ccccc1Cn1nncc1CO. The van der Waals surface area contributed by atoms with Crippen molar-refractivity contribution >= 4 is 0 Å². The number of aliphatic hydroxyl groups excluding tert-OH is 1. The predicted molar refractivity (Wildman–Crippen MR) is 58.0 cm³/mol. The molecule has 1 aromatic heterocycles. The number of methoxy groups -OCH3 is 1. The minimum Gasteiger partial charge on any atom is -0.496 e. The molecule has 2 rings (SSSR count). The number of para-hydroxylation sites is 1. The molecule has 1 aromatic carbocycles. The zero-order valence-corrected chi connectivity index (χ0v) is 9.00. The Morgan fingerprint density at radius 2 is 2.19 bits per heavy atom. The van der Waals surface area contributed by atoms with Crippen LogP contribution in [-0.4, -0.2) is 27.2 Å². The van der Waals surface area contributed by atoms with Gasteiger partial charge in [-0.15, -0.1) is 5.10 Å². The van der Waals surface area contributed by atoms with Gasteiger partial charge < -0.3 is 9.84 Å². The first-order valence-electron chi connectivity index (χ1n) is 4.95. The minimum atomic E-state index is -0.0673. The van der Waals surface area contributed by atoms with E-state index in [-0.39, 0.29) is 6.61 Å². The summed E-state index contributed by atoms with van der Waals surface area (Å²) in [5.74, 6) is 0.807. The molecule has 0 amide bonds. The van der Waals surface area contributed by atoms with Crippen molar-refractivity contribution < 1.29 is 9.84 Å². The maximum absolute atomic E-state index is 9.08. The van der Waals surface area contributed by atoms with Crippen LogP contribution in [0.15, 0.2) is 30.5 Å². The van der Waals surface area contributed by atoms with Gasteiger partial charge in [-0.3, -0.25) is 0 Å². The molecule has 0 radical (unpaired) electrons. The summed E-state index contributed by atoms with van der Waals surface area (Å²) in [5.41, 5.74) is 1.69. The van der Waals surface area contributed by atoms with Crippen molar-refractivity contribution in [2.24, 2.45) is 0 Å². The van der Waals surface area contributed by atoms with Gasteiger partial charge in [-0.05, 0) is 6.07 Å². The topological polar surface area (TPSA) is 60.2 Å². The second kappa shape index (κ2) is 4.76. The zero-order chi connectivity index (χ0) is 11.4. The summed E-state index contributed by atoms with van der Waals surface area (Å²) in [5, 5.41) is 16.7. The summed E-state index contributed by atoms with van der Waals surface area (Å²) < 4.78 is 6.89. The van der Waals surface area contributed by atoms with Crippen LogP contribution >= 0.6 is 0 Å². The second-order valence-corrected chi connectivity index (χ2v) is 3.35. The average molecular weight is 219 g/mol. The van der Waals surface area contributed by atoms with Crippen LogP contribution < -0.4 is 4.74 Å². The van der Waals surface area contributed by atoms with E-state index in [2.05, 4.69) is 10.3 Å². The highest BCUT2D eigenvalue weighted by atomic mass is 16.5. The molecule has 0 aliphatic heterocycles. The largest absolute Gasteiger partial charge is 0.496 e. The summed E-state index contributed by atoms with van der Waals surface area (Å²) in [7, 11) is 1.63. The molecule has 0 saturated carbocycles. The highest BCUT2D eigenvalue weighted by Crippen LogP contribution is 2.18. The lowest BCUT2D eigenvalue weighted by atomic mass is 10.2. The molecule has 0 spiro atoms. The predicted octanol–water partition coefficient (Wildman–Crippen LogP) is 0.827. The van der Waals surface area contributed by atoms with Crippen molar-refractivity contribution in [1.82, 2.24) is 15.0 Å². The smallest absolute Gasteiger partial charge is 0.123 e. The van der Waals surface area contributed by atoms with Gasteiger partial charge in [0.2, 0.25) is 0 Å². The van der Waals surface area contributed by atoms with Crippen LogP contribution in [0.5, 0.6) is 5.75 Å². The molecule has 0 atom stereocenters. The number of aromatic nitrogens is 3. The van der Waals surface area contributed by atoms with E-state index in [9.17, 15) is 0 Å². The van der Waals surface area contributed by atoms with Gasteiger partial charge >= 0.3 is 0 Å². The molecule has 2 aromatic rings. The van der Waals surface area contributed by atoms with Gasteiger partial charge in [0.25, 0.3) is 0 Å². The molecule has 84 valence electrons. The number of rotatable bonds is 4. The molecule has 0 aliphatic rings. The molecular formula is C11H13N3O2. The number of hydrogen-bond acceptors (Lipinski definition) is 4. The molecule has 16 heavy (non-hydrogen) atoms. The first-order chi connectivity index (χ1) is 7.85. The third-order valence-electron chi connectivity index (χ3n) is 2.37. The fourth-order valence-electron chi connectivity index (χ4n) is 1.53. The number of ether oxygens (including phenoxy) is 1. The highest BCUT2D eigenvalue weighted by molar-refractivity contribution is 5.33. The summed E-state index contributed by atoms with van der Waals surface area (Å²) in [6, 6.07) is 7.70. The van der Waals surface area contributed by atoms with Crippen LogP contribution in [0, 0.1) is 0 Å². The van der Waals surface area contributed by atoms with E-state index in [1.165, 1.54) is 0 Å². The fourth-order valence-corrected chi connectivity index (χ4v) is 1.53. The Morgan fingerprint density at radius 3 is 2.94 bits per heavy atom. The Kier molecular flexibility index (Phi) is 3.16. The van der Waals surface area contributed by atoms with Crippen LogP contribution in [-0.2, 0) is 13.2 Å². The van der Waals surface area contributed by atoms with Crippen molar-refractivity contribution in [2.75, 3.05) is 7.11 Å². The second-order valence-electron chi connectivity index (χ2n) is 3.35. The van der Waals surface area contributed by atoms with E-state index >= 15 is 0 Å². The average Bonchev–Trinajstić information content (AvgIpc) is 2.77. The Balaban J connectivity index is 2.26. The Hall–Kier alpha value is -1.88. The molecule has 1 N–H and O–H groups in total. The van der Waals surface area contributed by atoms with E-state index in [0.29, 0.717) is 12.2 Å². The number of hydrogen-bond donors (Lipinski definition) is 1. The number of aliphatic hydroxyl groups is 1. The monoisotopic (exact) mass is 219 g/mol. The van der Waals surface area contributed by atoms with Crippen LogP contribution in [0.2, 0.25) is 0 Å². The lowest BCUT2D eigenvalue weighted by molar-refractivity contribution is 0.269. The molecule has 5 heteroatoms. The lowest BCUT2D eigenvalue weighted by Crippen LogP contribution is -2.07. The van der Waals surface area contributed by atoms with Gasteiger partial charge in [0.05, 0.1) is 32.2 Å². The number of nitrogens with zero attached hydrogens (tertiary/aromatic N) is 3. The van der Waals surface area contributed by atoms with E-state index in [0.717, 1.165) is 11.3 Å². The summed E-state index contributed by atoms with van der Waals surface area (Å²) >= 11 is 0. The first-order valence-corrected chi connectivity index (χ1v) is 4.95. The highest BCUT2D eigenvalue weighted by Gasteiger charge is 2.06. The Labute approximate surface area is 93.3 Å². The molecule has 0 aliphatic carbocycles. The van der Waals surface area contributed by atoms with Crippen molar-refractivity contribution in [3.63, 3.8) is 0 Å². The molecule has 0 bridgehead atoms. The molecular weight excluding hydrogens is 206 g/mol. The normalized spacial score (nSPS) is 10.4. The summed E-state index contributed by atoms with van der Waals surface area (Å²) in [6.07, 6.45) is 1.55. The van der Waals surface area contributed by atoms with Gasteiger partial charge in [-0.2, -0.15) is 0 Å². The van der Waals surface area contributed by atoms with Gasteiger partial charge in [-0.1, -0.05) is 23.4 Å². The summed E-state index contributed by atoms with van der Waals surface area (Å²) in [6.45, 7) is 0.474. The van der Waals surface area contributed by atoms with Crippen LogP contribution in [0.1, 0.15) is 11.3 Å². The van der Waals surface area contributed by atoms with Gasteiger partial charge in [0, 0.05) is 5.56 Å². The number of benzene rings is 1. The Morgan fingerprint density at radius 1 is 1.38 bits per heavy atom. The van der Waals surface area contributed by atoms with Gasteiger partial charge in [-0.25, -0.2) is 4.68 Å². The summed E-state index contributed by atoms with van der Waals surface area (Å²) in [4.78, 5) is 0. The van der Waals surface area contributed by atoms with Gasteiger partial charge in [0.1, 0.15) is 5.75 Å². The first kappa shape index (κ1) is 10.6. The third kappa shape index (κ3) is 2.04. The van der Waals surface area contributed by atoms with Crippen molar-refractivity contribution in [1.29, 1.82) is 0 Å². The van der Waals surface area contributed by atoms with Gasteiger partial charge in [0.15, 0.2) is 0 Å². The van der Waals surface area contributed by atoms with Crippen LogP contribution in [0.4, 0.5) is 0 Å². The standard InChI is InChI=1S/C11H13N3O2/c1-16-11-5-3-2-4-9(11)7-14-10(8-15)6-12-13-14/h2-6,15H,7-8H2,1H3. The van der Waals surface area contributed by atoms with E-state index in [1.54, 1.807) is 18.0 Å². The quantitative estimate of drug-likeness (QED) is 0.827. The maximum Gasteiger partial charge on any atom is 0.123 e. The minimum absolute atomic E-state index is 0.0673. The fraction of sp³-hybridized carbons (Fsp3) is 0.273. The Bertz CT molecular complexity index is 468. The maximum atomic E-state index is 9.08. The van der Waals surface area contributed by atoms with E-state index in [1.807, 2.05) is 24.3 Å². The third-order valence-corrected chi connectivity index (χ3v) is 2.37. The molecule has 0 unspecified atom stereocenters. The van der Waals surface area contributed by atoms with E-state index in [4.69, 9.17) is 9.84 Å².